The van der Waals surface area contributed by atoms with Crippen LogP contribution in [0, 0.1) is 5.92 Å². The van der Waals surface area contributed by atoms with E-state index in [2.05, 4.69) is 17.3 Å². The molecular weight excluding hydrogens is 226 g/mol. The predicted octanol–water partition coefficient (Wildman–Crippen LogP) is 3.63. The van der Waals surface area contributed by atoms with Gasteiger partial charge in [-0.15, -0.1) is 0 Å². The average molecular weight is 247 g/mol. The van der Waals surface area contributed by atoms with Crippen LogP contribution in [-0.4, -0.2) is 19.9 Å². The molecule has 1 aliphatic carbocycles. The van der Waals surface area contributed by atoms with Crippen LogP contribution in [-0.2, 0) is 4.84 Å². The van der Waals surface area contributed by atoms with Crippen molar-refractivity contribution in [1.82, 2.24) is 0 Å². The average Bonchev–Trinajstić information content (AvgIpc) is 2.46. The Kier molecular flexibility index (Phi) is 4.62. The second kappa shape index (κ2) is 6.43. The van der Waals surface area contributed by atoms with E-state index in [4.69, 9.17) is 9.57 Å². The molecule has 0 unspecified atom stereocenters. The van der Waals surface area contributed by atoms with Crippen molar-refractivity contribution in [2.75, 3.05) is 14.2 Å². The van der Waals surface area contributed by atoms with E-state index in [1.54, 1.807) is 14.2 Å². The number of ether oxygens (including phenoxy) is 1. The second-order valence-electron chi connectivity index (χ2n) is 4.72. The number of rotatable bonds is 4. The Morgan fingerprint density at radius 2 is 1.72 bits per heavy atom. The lowest BCUT2D eigenvalue weighted by Gasteiger charge is -2.23. The lowest BCUT2D eigenvalue weighted by atomic mass is 9.83. The van der Waals surface area contributed by atoms with Gasteiger partial charge in [0.05, 0.1) is 12.8 Å². The smallest absolute Gasteiger partial charge is 0.118 e. The molecule has 98 valence electrons. The molecule has 3 heteroatoms. The summed E-state index contributed by atoms with van der Waals surface area (Å²) in [6.07, 6.45) is 6.37. The number of hydrogen-bond donors (Lipinski definition) is 0. The summed E-state index contributed by atoms with van der Waals surface area (Å²) in [7, 11) is 3.30. The number of methoxy groups -OCH3 is 1. The van der Waals surface area contributed by atoms with E-state index in [0.29, 0.717) is 5.92 Å². The Labute approximate surface area is 109 Å². The summed E-state index contributed by atoms with van der Waals surface area (Å²) < 4.78 is 5.18. The highest BCUT2D eigenvalue weighted by atomic mass is 16.6. The molecule has 1 fully saturated rings. The molecule has 0 heterocycles. The van der Waals surface area contributed by atoms with Crippen LogP contribution in [0.15, 0.2) is 29.4 Å². The predicted molar refractivity (Wildman–Crippen MR) is 73.1 cm³/mol. The minimum Gasteiger partial charge on any atom is -0.497 e. The first-order valence-electron chi connectivity index (χ1n) is 6.60. The molecule has 0 saturated heterocycles. The number of nitrogens with zero attached hydrogens (tertiary/aromatic N) is 1. The molecule has 1 aromatic carbocycles. The molecule has 0 bridgehead atoms. The minimum atomic E-state index is 0.534. The maximum absolute atomic E-state index is 5.18. The molecule has 1 saturated carbocycles. The van der Waals surface area contributed by atoms with Crippen molar-refractivity contribution < 1.29 is 9.57 Å². The summed E-state index contributed by atoms with van der Waals surface area (Å²) in [5, 5.41) is 4.25. The quantitative estimate of drug-likeness (QED) is 0.601. The van der Waals surface area contributed by atoms with Crippen LogP contribution in [0.25, 0.3) is 0 Å². The topological polar surface area (TPSA) is 30.8 Å². The highest BCUT2D eigenvalue weighted by Gasteiger charge is 2.21. The van der Waals surface area contributed by atoms with Gasteiger partial charge in [0.15, 0.2) is 0 Å². The van der Waals surface area contributed by atoms with E-state index in [0.717, 1.165) is 17.0 Å². The summed E-state index contributed by atoms with van der Waals surface area (Å²) in [6, 6.07) is 8.07. The van der Waals surface area contributed by atoms with Gasteiger partial charge in [-0.3, -0.25) is 0 Å². The number of oxime groups is 1. The summed E-state index contributed by atoms with van der Waals surface area (Å²) in [4.78, 5) is 5.02. The fraction of sp³-hybridized carbons (Fsp3) is 0.533. The fourth-order valence-corrected chi connectivity index (χ4v) is 2.60. The molecule has 1 aromatic rings. The zero-order valence-electron chi connectivity index (χ0n) is 11.2. The van der Waals surface area contributed by atoms with Crippen molar-refractivity contribution in [3.8, 4) is 5.75 Å². The summed E-state index contributed by atoms with van der Waals surface area (Å²) in [5.74, 6) is 1.41. The van der Waals surface area contributed by atoms with Crippen molar-refractivity contribution >= 4 is 5.71 Å². The van der Waals surface area contributed by atoms with E-state index >= 15 is 0 Å². The van der Waals surface area contributed by atoms with Crippen LogP contribution in [0.4, 0.5) is 0 Å². The fourth-order valence-electron chi connectivity index (χ4n) is 2.60. The van der Waals surface area contributed by atoms with E-state index in [9.17, 15) is 0 Å². The molecule has 0 atom stereocenters. The van der Waals surface area contributed by atoms with E-state index in [1.807, 2.05) is 12.1 Å². The SMILES string of the molecule is CO/N=C(\c1ccc(OC)cc1)C1CCCCC1. The molecule has 18 heavy (non-hydrogen) atoms. The zero-order chi connectivity index (χ0) is 12.8. The van der Waals surface area contributed by atoms with Gasteiger partial charge in [-0.1, -0.05) is 24.4 Å². The van der Waals surface area contributed by atoms with E-state index < -0.39 is 0 Å². The maximum Gasteiger partial charge on any atom is 0.118 e. The molecule has 0 aliphatic heterocycles. The summed E-state index contributed by atoms with van der Waals surface area (Å²) in [5.41, 5.74) is 2.23. The first kappa shape index (κ1) is 12.9. The van der Waals surface area contributed by atoms with Crippen LogP contribution >= 0.6 is 0 Å². The van der Waals surface area contributed by atoms with E-state index in [-0.39, 0.29) is 0 Å². The normalized spacial score (nSPS) is 17.6. The molecule has 3 nitrogen and oxygen atoms in total. The lowest BCUT2D eigenvalue weighted by Crippen LogP contribution is -2.19. The molecule has 0 N–H and O–H groups in total. The highest BCUT2D eigenvalue weighted by Crippen LogP contribution is 2.28. The first-order valence-corrected chi connectivity index (χ1v) is 6.60. The van der Waals surface area contributed by atoms with Gasteiger partial charge in [-0.2, -0.15) is 0 Å². The van der Waals surface area contributed by atoms with Crippen molar-refractivity contribution in [2.45, 2.75) is 32.1 Å². The maximum atomic E-state index is 5.18. The van der Waals surface area contributed by atoms with E-state index in [1.165, 1.54) is 32.1 Å². The Morgan fingerprint density at radius 1 is 1.06 bits per heavy atom. The van der Waals surface area contributed by atoms with Gasteiger partial charge in [0.25, 0.3) is 0 Å². The Morgan fingerprint density at radius 3 is 2.28 bits per heavy atom. The molecule has 1 aliphatic rings. The minimum absolute atomic E-state index is 0.534. The molecule has 0 radical (unpaired) electrons. The molecule has 0 spiro atoms. The van der Waals surface area contributed by atoms with Gasteiger partial charge >= 0.3 is 0 Å². The summed E-state index contributed by atoms with van der Waals surface area (Å²) >= 11 is 0. The Bertz CT molecular complexity index is 391. The van der Waals surface area contributed by atoms with Crippen LogP contribution in [0.3, 0.4) is 0 Å². The number of benzene rings is 1. The van der Waals surface area contributed by atoms with Gasteiger partial charge in [0.1, 0.15) is 12.9 Å². The van der Waals surface area contributed by atoms with Gasteiger partial charge in [-0.25, -0.2) is 0 Å². The second-order valence-corrected chi connectivity index (χ2v) is 4.72. The van der Waals surface area contributed by atoms with Crippen LogP contribution < -0.4 is 4.74 Å². The monoisotopic (exact) mass is 247 g/mol. The van der Waals surface area contributed by atoms with Crippen molar-refractivity contribution in [3.05, 3.63) is 29.8 Å². The van der Waals surface area contributed by atoms with Crippen LogP contribution in [0.1, 0.15) is 37.7 Å². The van der Waals surface area contributed by atoms with Crippen LogP contribution in [0.2, 0.25) is 0 Å². The summed E-state index contributed by atoms with van der Waals surface area (Å²) in [6.45, 7) is 0. The van der Waals surface area contributed by atoms with Crippen molar-refractivity contribution in [1.29, 1.82) is 0 Å². The number of hydrogen-bond acceptors (Lipinski definition) is 3. The van der Waals surface area contributed by atoms with Gasteiger partial charge in [0, 0.05) is 5.92 Å². The molecule has 0 amide bonds. The van der Waals surface area contributed by atoms with Crippen molar-refractivity contribution in [3.63, 3.8) is 0 Å². The van der Waals surface area contributed by atoms with Crippen molar-refractivity contribution in [2.24, 2.45) is 11.1 Å². The Balaban J connectivity index is 2.20. The highest BCUT2D eigenvalue weighted by molar-refractivity contribution is 6.02. The third kappa shape index (κ3) is 3.03. The third-order valence-corrected chi connectivity index (χ3v) is 3.57. The van der Waals surface area contributed by atoms with Gasteiger partial charge in [0.2, 0.25) is 0 Å². The molecular formula is C15H21NO2. The standard InChI is InChI=1S/C15H21NO2/c1-17-14-10-8-13(9-11-14)15(16-18-2)12-6-4-3-5-7-12/h8-12H,3-7H2,1-2H3/b16-15-. The van der Waals surface area contributed by atoms with Gasteiger partial charge in [-0.05, 0) is 42.7 Å². The largest absolute Gasteiger partial charge is 0.497 e. The van der Waals surface area contributed by atoms with Gasteiger partial charge < -0.3 is 9.57 Å². The lowest BCUT2D eigenvalue weighted by molar-refractivity contribution is 0.210. The third-order valence-electron chi connectivity index (χ3n) is 3.57. The first-order chi connectivity index (χ1) is 8.85. The zero-order valence-corrected chi connectivity index (χ0v) is 11.2. The molecule has 2 rings (SSSR count). The Hall–Kier alpha value is -1.51. The molecule has 0 aromatic heterocycles. The van der Waals surface area contributed by atoms with Crippen LogP contribution in [0.5, 0.6) is 5.75 Å².